The molecule has 148 valence electrons. The van der Waals surface area contributed by atoms with Crippen molar-refractivity contribution in [1.82, 2.24) is 15.2 Å². The SMILES string of the molecule is Cc1ccc2cc3cc(C(=O)NCCCN4C[C@H](C)C[C@H](C)C4)oc3nc2c1. The van der Waals surface area contributed by atoms with E-state index in [1.54, 1.807) is 6.07 Å². The average molecular weight is 380 g/mol. The predicted molar refractivity (Wildman–Crippen MR) is 113 cm³/mol. The van der Waals surface area contributed by atoms with Crippen molar-refractivity contribution in [2.45, 2.75) is 33.6 Å². The maximum atomic E-state index is 12.5. The van der Waals surface area contributed by atoms with Gasteiger partial charge in [-0.3, -0.25) is 4.79 Å². The first-order valence-electron chi connectivity index (χ1n) is 10.3. The van der Waals surface area contributed by atoms with Gasteiger partial charge in [-0.1, -0.05) is 26.0 Å². The molecule has 1 aromatic carbocycles. The Balaban J connectivity index is 1.35. The molecule has 1 N–H and O–H groups in total. The second-order valence-corrected chi connectivity index (χ2v) is 8.50. The Morgan fingerprint density at radius 1 is 1.18 bits per heavy atom. The first-order valence-corrected chi connectivity index (χ1v) is 10.3. The van der Waals surface area contributed by atoms with Gasteiger partial charge in [0, 0.05) is 30.4 Å². The number of benzene rings is 1. The molecule has 1 aliphatic heterocycles. The lowest BCUT2D eigenvalue weighted by molar-refractivity contribution is 0.0921. The molecule has 3 aromatic rings. The molecule has 1 saturated heterocycles. The van der Waals surface area contributed by atoms with E-state index in [0.717, 1.165) is 46.7 Å². The third-order valence-electron chi connectivity index (χ3n) is 5.56. The number of carbonyl (C=O) groups excluding carboxylic acids is 1. The summed E-state index contributed by atoms with van der Waals surface area (Å²) >= 11 is 0. The molecule has 0 aliphatic carbocycles. The van der Waals surface area contributed by atoms with Crippen LogP contribution in [0.25, 0.3) is 22.0 Å². The summed E-state index contributed by atoms with van der Waals surface area (Å²) in [6.45, 7) is 10.7. The van der Waals surface area contributed by atoms with E-state index < -0.39 is 0 Å². The van der Waals surface area contributed by atoms with Crippen LogP contribution in [0.4, 0.5) is 0 Å². The molecule has 0 saturated carbocycles. The highest BCUT2D eigenvalue weighted by Crippen LogP contribution is 2.24. The minimum absolute atomic E-state index is 0.168. The van der Waals surface area contributed by atoms with Gasteiger partial charge in [0.25, 0.3) is 5.91 Å². The number of piperidine rings is 1. The number of likely N-dealkylation sites (tertiary alicyclic amines) is 1. The third-order valence-corrected chi connectivity index (χ3v) is 5.56. The van der Waals surface area contributed by atoms with Crippen molar-refractivity contribution in [3.8, 4) is 0 Å². The molecule has 4 rings (SSSR count). The first-order chi connectivity index (χ1) is 13.5. The number of hydrogen-bond acceptors (Lipinski definition) is 4. The number of pyridine rings is 1. The van der Waals surface area contributed by atoms with E-state index in [1.165, 1.54) is 19.5 Å². The lowest BCUT2D eigenvalue weighted by atomic mass is 9.92. The molecule has 0 unspecified atom stereocenters. The number of hydrogen-bond donors (Lipinski definition) is 1. The Morgan fingerprint density at radius 2 is 1.96 bits per heavy atom. The lowest BCUT2D eigenvalue weighted by Crippen LogP contribution is -2.40. The van der Waals surface area contributed by atoms with E-state index >= 15 is 0 Å². The number of nitrogens with one attached hydrogen (secondary N) is 1. The van der Waals surface area contributed by atoms with Gasteiger partial charge in [-0.2, -0.15) is 0 Å². The highest BCUT2D eigenvalue weighted by atomic mass is 16.4. The van der Waals surface area contributed by atoms with Gasteiger partial charge in [0.2, 0.25) is 5.71 Å². The Kier molecular flexibility index (Phi) is 5.36. The quantitative estimate of drug-likeness (QED) is 0.668. The van der Waals surface area contributed by atoms with E-state index in [9.17, 15) is 4.79 Å². The normalized spacial score (nSPS) is 20.7. The summed E-state index contributed by atoms with van der Waals surface area (Å²) < 4.78 is 5.72. The van der Waals surface area contributed by atoms with Gasteiger partial charge in [-0.15, -0.1) is 0 Å². The summed E-state index contributed by atoms with van der Waals surface area (Å²) in [7, 11) is 0. The van der Waals surface area contributed by atoms with Crippen LogP contribution in [0.5, 0.6) is 0 Å². The summed E-state index contributed by atoms with van der Waals surface area (Å²) in [5.41, 5.74) is 2.56. The molecule has 0 radical (unpaired) electrons. The summed E-state index contributed by atoms with van der Waals surface area (Å²) in [5.74, 6) is 1.69. The smallest absolute Gasteiger partial charge is 0.287 e. The molecule has 2 aromatic heterocycles. The maximum absolute atomic E-state index is 12.5. The summed E-state index contributed by atoms with van der Waals surface area (Å²) in [4.78, 5) is 19.5. The first kappa shape index (κ1) is 18.9. The van der Waals surface area contributed by atoms with Crippen LogP contribution >= 0.6 is 0 Å². The molecule has 1 amide bonds. The van der Waals surface area contributed by atoms with Gasteiger partial charge < -0.3 is 14.6 Å². The molecule has 1 fully saturated rings. The van der Waals surface area contributed by atoms with Crippen LogP contribution in [0.2, 0.25) is 0 Å². The zero-order chi connectivity index (χ0) is 19.7. The number of aryl methyl sites for hydroxylation is 1. The van der Waals surface area contributed by atoms with Crippen molar-refractivity contribution >= 4 is 27.9 Å². The summed E-state index contributed by atoms with van der Waals surface area (Å²) in [6, 6.07) is 9.94. The van der Waals surface area contributed by atoms with Gasteiger partial charge in [0.1, 0.15) is 0 Å². The van der Waals surface area contributed by atoms with Crippen molar-refractivity contribution in [3.05, 3.63) is 41.7 Å². The van der Waals surface area contributed by atoms with Crippen molar-refractivity contribution in [3.63, 3.8) is 0 Å². The Labute approximate surface area is 166 Å². The van der Waals surface area contributed by atoms with Crippen LogP contribution in [0.1, 0.15) is 42.8 Å². The largest absolute Gasteiger partial charge is 0.433 e. The molecule has 28 heavy (non-hydrogen) atoms. The van der Waals surface area contributed by atoms with Gasteiger partial charge in [-0.05, 0) is 61.9 Å². The number of carbonyl (C=O) groups is 1. The number of furan rings is 1. The van der Waals surface area contributed by atoms with E-state index in [1.807, 2.05) is 25.1 Å². The fourth-order valence-electron chi connectivity index (χ4n) is 4.41. The van der Waals surface area contributed by atoms with Crippen LogP contribution in [0, 0.1) is 18.8 Å². The zero-order valence-electron chi connectivity index (χ0n) is 17.0. The molecule has 0 spiro atoms. The van der Waals surface area contributed by atoms with Gasteiger partial charge in [0.05, 0.1) is 5.52 Å². The fraction of sp³-hybridized carbons (Fsp3) is 0.478. The molecule has 3 heterocycles. The highest BCUT2D eigenvalue weighted by molar-refractivity contribution is 5.98. The minimum Gasteiger partial charge on any atom is -0.433 e. The van der Waals surface area contributed by atoms with Gasteiger partial charge in [-0.25, -0.2) is 4.98 Å². The third kappa shape index (κ3) is 4.20. The monoisotopic (exact) mass is 379 g/mol. The Morgan fingerprint density at radius 3 is 2.75 bits per heavy atom. The molecular weight excluding hydrogens is 350 g/mol. The van der Waals surface area contributed by atoms with Gasteiger partial charge >= 0.3 is 0 Å². The number of rotatable bonds is 5. The van der Waals surface area contributed by atoms with Crippen molar-refractivity contribution < 1.29 is 9.21 Å². The van der Waals surface area contributed by atoms with Gasteiger partial charge in [0.15, 0.2) is 5.76 Å². The topological polar surface area (TPSA) is 58.4 Å². The number of amides is 1. The van der Waals surface area contributed by atoms with Crippen LogP contribution in [0.3, 0.4) is 0 Å². The standard InChI is InChI=1S/C23H29N3O2/c1-15-5-6-18-11-19-12-21(28-23(19)25-20(18)10-15)22(27)24-7-4-8-26-13-16(2)9-17(3)14-26/h5-6,10-12,16-17H,4,7-9,13-14H2,1-3H3,(H,24,27)/t16-,17+. The molecular formula is C23H29N3O2. The molecule has 1 aliphatic rings. The van der Waals surface area contributed by atoms with E-state index in [0.29, 0.717) is 18.0 Å². The number of nitrogens with zero attached hydrogens (tertiary/aromatic N) is 2. The average Bonchev–Trinajstić information content (AvgIpc) is 3.05. The molecule has 2 atom stereocenters. The number of aromatic nitrogens is 1. The lowest BCUT2D eigenvalue weighted by Gasteiger charge is -2.34. The second kappa shape index (κ2) is 7.92. The summed E-state index contributed by atoms with van der Waals surface area (Å²) in [5, 5.41) is 4.90. The van der Waals surface area contributed by atoms with E-state index in [4.69, 9.17) is 4.42 Å². The zero-order valence-corrected chi connectivity index (χ0v) is 17.0. The van der Waals surface area contributed by atoms with E-state index in [-0.39, 0.29) is 5.91 Å². The Hall–Kier alpha value is -2.40. The molecule has 0 bridgehead atoms. The van der Waals surface area contributed by atoms with Crippen LogP contribution in [0.15, 0.2) is 34.7 Å². The van der Waals surface area contributed by atoms with Crippen molar-refractivity contribution in [2.24, 2.45) is 11.8 Å². The van der Waals surface area contributed by atoms with Crippen LogP contribution < -0.4 is 5.32 Å². The van der Waals surface area contributed by atoms with Crippen molar-refractivity contribution in [1.29, 1.82) is 0 Å². The predicted octanol–water partition coefficient (Wildman–Crippen LogP) is 4.39. The second-order valence-electron chi connectivity index (χ2n) is 8.50. The highest BCUT2D eigenvalue weighted by Gasteiger charge is 2.21. The molecule has 5 nitrogen and oxygen atoms in total. The summed E-state index contributed by atoms with van der Waals surface area (Å²) in [6.07, 6.45) is 2.27. The molecule has 5 heteroatoms. The minimum atomic E-state index is -0.168. The maximum Gasteiger partial charge on any atom is 0.287 e. The van der Waals surface area contributed by atoms with Crippen LogP contribution in [-0.2, 0) is 0 Å². The van der Waals surface area contributed by atoms with Crippen LogP contribution in [-0.4, -0.2) is 42.0 Å². The Bertz CT molecular complexity index is 984. The fourth-order valence-corrected chi connectivity index (χ4v) is 4.41. The number of fused-ring (bicyclic) bond motifs is 2. The van der Waals surface area contributed by atoms with E-state index in [2.05, 4.69) is 35.1 Å². The van der Waals surface area contributed by atoms with Crippen molar-refractivity contribution in [2.75, 3.05) is 26.2 Å².